The van der Waals surface area contributed by atoms with Gasteiger partial charge in [0.2, 0.25) is 0 Å². The third-order valence-corrected chi connectivity index (χ3v) is 7.96. The van der Waals surface area contributed by atoms with Crippen LogP contribution in [-0.4, -0.2) is 27.2 Å². The number of halogens is 4. The van der Waals surface area contributed by atoms with E-state index in [9.17, 15) is 26.4 Å². The summed E-state index contributed by atoms with van der Waals surface area (Å²) in [5, 5.41) is 2.68. The van der Waals surface area contributed by atoms with Crippen LogP contribution in [-0.2, 0) is 21.9 Å². The molecule has 0 heterocycles. The van der Waals surface area contributed by atoms with E-state index in [-0.39, 0.29) is 33.4 Å². The molecule has 0 spiro atoms. The van der Waals surface area contributed by atoms with Gasteiger partial charge in [0.05, 0.1) is 18.4 Å². The zero-order valence-corrected chi connectivity index (χ0v) is 22.3. The van der Waals surface area contributed by atoms with Crippen molar-refractivity contribution in [1.82, 2.24) is 0 Å². The number of hydrogen-bond donors (Lipinski definition) is 1. The van der Waals surface area contributed by atoms with E-state index in [0.717, 1.165) is 6.07 Å². The number of rotatable bonds is 7. The minimum atomic E-state index is -4.54. The number of benzene rings is 3. The van der Waals surface area contributed by atoms with Crippen molar-refractivity contribution in [2.75, 3.05) is 18.2 Å². The molecule has 10 heteroatoms. The minimum absolute atomic E-state index is 0.0136. The Labute approximate surface area is 219 Å². The molecular formula is C27H27ClF3NO4S. The second-order valence-corrected chi connectivity index (χ2v) is 11.9. The summed E-state index contributed by atoms with van der Waals surface area (Å²) in [7, 11) is -2.35. The van der Waals surface area contributed by atoms with Gasteiger partial charge in [-0.15, -0.1) is 11.6 Å². The number of ether oxygens (including phenoxy) is 1. The average Bonchev–Trinajstić information content (AvgIpc) is 2.81. The predicted molar refractivity (Wildman–Crippen MR) is 139 cm³/mol. The Morgan fingerprint density at radius 1 is 0.973 bits per heavy atom. The Kier molecular flexibility index (Phi) is 8.29. The average molecular weight is 554 g/mol. The van der Waals surface area contributed by atoms with Gasteiger partial charge in [0, 0.05) is 17.1 Å². The van der Waals surface area contributed by atoms with E-state index in [4.69, 9.17) is 16.3 Å². The molecule has 0 saturated heterocycles. The molecule has 0 atom stereocenters. The third kappa shape index (κ3) is 6.84. The Hall–Kier alpha value is -3.04. The van der Waals surface area contributed by atoms with Crippen LogP contribution < -0.4 is 10.1 Å². The molecule has 1 amide bonds. The SMILES string of the molecule is COc1cc(C(=O)Nc2ccc(-c3ccccc3C(F)(F)F)c(CCl)c2)ccc1S(=O)(=O)CC(C)(C)C. The largest absolute Gasteiger partial charge is 0.495 e. The van der Waals surface area contributed by atoms with Gasteiger partial charge in [-0.1, -0.05) is 45.0 Å². The summed E-state index contributed by atoms with van der Waals surface area (Å²) in [6.45, 7) is 5.42. The molecule has 37 heavy (non-hydrogen) atoms. The summed E-state index contributed by atoms with van der Waals surface area (Å²) < 4.78 is 71.5. The maximum absolute atomic E-state index is 13.5. The molecular weight excluding hydrogens is 527 g/mol. The lowest BCUT2D eigenvalue weighted by Crippen LogP contribution is -2.21. The number of carbonyl (C=O) groups is 1. The molecule has 0 saturated carbocycles. The molecule has 0 radical (unpaired) electrons. The van der Waals surface area contributed by atoms with E-state index >= 15 is 0 Å². The van der Waals surface area contributed by atoms with Crippen LogP contribution in [0.1, 0.15) is 42.3 Å². The topological polar surface area (TPSA) is 72.5 Å². The van der Waals surface area contributed by atoms with E-state index in [0.29, 0.717) is 16.8 Å². The summed E-state index contributed by atoms with van der Waals surface area (Å²) in [5.74, 6) is -0.703. The highest BCUT2D eigenvalue weighted by molar-refractivity contribution is 7.91. The minimum Gasteiger partial charge on any atom is -0.495 e. The smallest absolute Gasteiger partial charge is 0.417 e. The van der Waals surface area contributed by atoms with Crippen LogP contribution in [0.3, 0.4) is 0 Å². The quantitative estimate of drug-likeness (QED) is 0.314. The van der Waals surface area contributed by atoms with E-state index in [1.807, 2.05) is 0 Å². The highest BCUT2D eigenvalue weighted by atomic mass is 35.5. The van der Waals surface area contributed by atoms with Crippen LogP contribution in [0.15, 0.2) is 65.6 Å². The molecule has 0 aliphatic heterocycles. The molecule has 198 valence electrons. The number of sulfone groups is 1. The Balaban J connectivity index is 1.91. The zero-order valence-electron chi connectivity index (χ0n) is 20.7. The van der Waals surface area contributed by atoms with Crippen molar-refractivity contribution < 1.29 is 31.1 Å². The Morgan fingerprint density at radius 2 is 1.65 bits per heavy atom. The van der Waals surface area contributed by atoms with Gasteiger partial charge in [-0.25, -0.2) is 8.42 Å². The molecule has 3 aromatic carbocycles. The molecule has 0 aliphatic carbocycles. The van der Waals surface area contributed by atoms with E-state index in [2.05, 4.69) is 5.32 Å². The van der Waals surface area contributed by atoms with Crippen molar-refractivity contribution in [2.24, 2.45) is 5.41 Å². The highest BCUT2D eigenvalue weighted by Crippen LogP contribution is 2.39. The van der Waals surface area contributed by atoms with Gasteiger partial charge >= 0.3 is 6.18 Å². The number of methoxy groups -OCH3 is 1. The highest BCUT2D eigenvalue weighted by Gasteiger charge is 2.33. The summed E-state index contributed by atoms with van der Waals surface area (Å²) in [6, 6.07) is 13.7. The van der Waals surface area contributed by atoms with Crippen molar-refractivity contribution in [3.05, 3.63) is 77.4 Å². The fourth-order valence-electron chi connectivity index (χ4n) is 3.93. The second-order valence-electron chi connectivity index (χ2n) is 9.69. The summed E-state index contributed by atoms with van der Waals surface area (Å²) >= 11 is 6.05. The first-order valence-electron chi connectivity index (χ1n) is 11.2. The van der Waals surface area contributed by atoms with Crippen molar-refractivity contribution in [3.8, 4) is 16.9 Å². The van der Waals surface area contributed by atoms with E-state index < -0.39 is 32.9 Å². The number of anilines is 1. The predicted octanol–water partition coefficient (Wildman–Crippen LogP) is 7.19. The summed E-state index contributed by atoms with van der Waals surface area (Å²) in [6.07, 6.45) is -4.54. The molecule has 0 aromatic heterocycles. The normalized spacial score (nSPS) is 12.3. The van der Waals surface area contributed by atoms with Crippen LogP contribution in [0.5, 0.6) is 5.75 Å². The first kappa shape index (κ1) is 28.5. The zero-order chi connectivity index (χ0) is 27.6. The van der Waals surface area contributed by atoms with Gasteiger partial charge in [0.1, 0.15) is 10.6 Å². The number of amides is 1. The molecule has 5 nitrogen and oxygen atoms in total. The van der Waals surface area contributed by atoms with Crippen molar-refractivity contribution in [1.29, 1.82) is 0 Å². The lowest BCUT2D eigenvalue weighted by molar-refractivity contribution is -0.137. The van der Waals surface area contributed by atoms with E-state index in [1.54, 1.807) is 20.8 Å². The molecule has 1 N–H and O–H groups in total. The van der Waals surface area contributed by atoms with Crippen LogP contribution in [0.4, 0.5) is 18.9 Å². The van der Waals surface area contributed by atoms with Crippen LogP contribution in [0.25, 0.3) is 11.1 Å². The first-order valence-corrected chi connectivity index (χ1v) is 13.4. The van der Waals surface area contributed by atoms with Gasteiger partial charge in [0.15, 0.2) is 9.84 Å². The number of nitrogens with one attached hydrogen (secondary N) is 1. The lowest BCUT2D eigenvalue weighted by Gasteiger charge is -2.19. The Bertz CT molecular complexity index is 1410. The summed E-state index contributed by atoms with van der Waals surface area (Å²) in [4.78, 5) is 12.9. The molecule has 0 bridgehead atoms. The number of carbonyl (C=O) groups excluding carboxylic acids is 1. The molecule has 3 aromatic rings. The van der Waals surface area contributed by atoms with Crippen molar-refractivity contribution >= 4 is 33.0 Å². The van der Waals surface area contributed by atoms with Crippen LogP contribution in [0, 0.1) is 5.41 Å². The lowest BCUT2D eigenvalue weighted by atomic mass is 9.95. The third-order valence-electron chi connectivity index (χ3n) is 5.41. The maximum atomic E-state index is 13.5. The number of alkyl halides is 4. The van der Waals surface area contributed by atoms with Crippen LogP contribution in [0.2, 0.25) is 0 Å². The standard InChI is InChI=1S/C27H27ClF3NO4S/c1-26(2,3)16-37(34,35)24-12-9-17(14-23(24)36-4)25(33)32-19-10-11-20(18(13-19)15-28)21-7-5-6-8-22(21)27(29,30)31/h5-14H,15-16H2,1-4H3,(H,32,33). The van der Waals surface area contributed by atoms with Crippen molar-refractivity contribution in [3.63, 3.8) is 0 Å². The second kappa shape index (κ2) is 10.8. The maximum Gasteiger partial charge on any atom is 0.417 e. The monoisotopic (exact) mass is 553 g/mol. The molecule has 3 rings (SSSR count). The van der Waals surface area contributed by atoms with Crippen LogP contribution >= 0.6 is 11.6 Å². The number of hydrogen-bond acceptors (Lipinski definition) is 4. The molecule has 0 fully saturated rings. The fourth-order valence-corrected chi connectivity index (χ4v) is 6.17. The van der Waals surface area contributed by atoms with Crippen molar-refractivity contribution in [2.45, 2.75) is 37.7 Å². The molecule has 0 unspecified atom stereocenters. The van der Waals surface area contributed by atoms with Gasteiger partial charge in [-0.3, -0.25) is 4.79 Å². The fraction of sp³-hybridized carbons (Fsp3) is 0.296. The summed E-state index contributed by atoms with van der Waals surface area (Å²) in [5.41, 5.74) is -0.115. The van der Waals surface area contributed by atoms with Gasteiger partial charge in [-0.05, 0) is 58.5 Å². The van der Waals surface area contributed by atoms with Gasteiger partial charge in [0.25, 0.3) is 5.91 Å². The van der Waals surface area contributed by atoms with Gasteiger partial charge in [-0.2, -0.15) is 13.2 Å². The Morgan fingerprint density at radius 3 is 2.24 bits per heavy atom. The molecule has 0 aliphatic rings. The van der Waals surface area contributed by atoms with Gasteiger partial charge < -0.3 is 10.1 Å². The van der Waals surface area contributed by atoms with E-state index in [1.165, 1.54) is 61.7 Å². The first-order chi connectivity index (χ1) is 17.2.